The number of benzene rings is 3. The molecule has 3 rings (SSSR count). The van der Waals surface area contributed by atoms with Gasteiger partial charge in [0.25, 0.3) is 15.9 Å². The van der Waals surface area contributed by atoms with Crippen LogP contribution in [0, 0.1) is 25.2 Å². The Bertz CT molecular complexity index is 1280. The van der Waals surface area contributed by atoms with E-state index in [2.05, 4.69) is 10.8 Å². The lowest BCUT2D eigenvalue weighted by atomic mass is 10.1. The van der Waals surface area contributed by atoms with E-state index >= 15 is 0 Å². The topological polar surface area (TPSA) is 90.3 Å². The minimum absolute atomic E-state index is 0.207. The Labute approximate surface area is 182 Å². The fourth-order valence-electron chi connectivity index (χ4n) is 3.23. The number of nitrogens with zero attached hydrogens (tertiary/aromatic N) is 2. The largest absolute Gasteiger partial charge is 0.337 e. The predicted molar refractivity (Wildman–Crippen MR) is 120 cm³/mol. The van der Waals surface area contributed by atoms with E-state index in [1.165, 1.54) is 11.0 Å². The molecule has 0 aliphatic rings. The first-order valence-electron chi connectivity index (χ1n) is 9.64. The van der Waals surface area contributed by atoms with Gasteiger partial charge in [-0.25, -0.2) is 8.42 Å². The molecular weight excluding hydrogens is 410 g/mol. The van der Waals surface area contributed by atoms with Crippen molar-refractivity contribution in [2.75, 3.05) is 11.8 Å². The second-order valence-electron chi connectivity index (χ2n) is 7.43. The number of nitriles is 1. The molecule has 0 saturated heterocycles. The van der Waals surface area contributed by atoms with Crippen LogP contribution < -0.4 is 4.72 Å². The van der Waals surface area contributed by atoms with Gasteiger partial charge in [0.05, 0.1) is 16.5 Å². The Morgan fingerprint density at radius 1 is 1.03 bits per heavy atom. The van der Waals surface area contributed by atoms with Crippen LogP contribution in [0.5, 0.6) is 0 Å². The molecule has 1 N–H and O–H groups in total. The van der Waals surface area contributed by atoms with Crippen LogP contribution in [0.25, 0.3) is 0 Å². The highest BCUT2D eigenvalue weighted by atomic mass is 32.2. The molecular formula is C24H23N3O3S. The van der Waals surface area contributed by atoms with E-state index in [9.17, 15) is 13.2 Å². The van der Waals surface area contributed by atoms with Crippen molar-refractivity contribution in [3.8, 4) is 6.07 Å². The second-order valence-corrected chi connectivity index (χ2v) is 9.08. The molecule has 1 amide bonds. The standard InChI is InChI=1S/C24H23N3O3S/c1-17-10-11-18(2)23(12-17)31(29,30)26-22-9-5-8-21(14-22)24(28)27(3)16-20-7-4-6-19(13-20)15-25/h4-14,26H,16H2,1-3H3. The molecule has 0 aromatic heterocycles. The number of aryl methyl sites for hydroxylation is 2. The van der Waals surface area contributed by atoms with Crippen LogP contribution in [0.2, 0.25) is 0 Å². The zero-order valence-electron chi connectivity index (χ0n) is 17.6. The van der Waals surface area contributed by atoms with Gasteiger partial charge in [-0.05, 0) is 66.9 Å². The van der Waals surface area contributed by atoms with Gasteiger partial charge in [-0.1, -0.05) is 30.3 Å². The molecule has 6 nitrogen and oxygen atoms in total. The SMILES string of the molecule is Cc1ccc(C)c(S(=O)(=O)Nc2cccc(C(=O)N(C)Cc3cccc(C#N)c3)c2)c1. The van der Waals surface area contributed by atoms with Gasteiger partial charge in [-0.3, -0.25) is 9.52 Å². The fraction of sp³-hybridized carbons (Fsp3) is 0.167. The number of carbonyl (C=O) groups is 1. The number of rotatable bonds is 6. The van der Waals surface area contributed by atoms with Gasteiger partial charge in [0.1, 0.15) is 0 Å². The summed E-state index contributed by atoms with van der Waals surface area (Å²) in [6, 6.07) is 20.8. The van der Waals surface area contributed by atoms with E-state index in [0.717, 1.165) is 11.1 Å². The average Bonchev–Trinajstić information content (AvgIpc) is 2.74. The van der Waals surface area contributed by atoms with Crippen LogP contribution in [0.1, 0.15) is 32.6 Å². The molecule has 0 unspecified atom stereocenters. The Balaban J connectivity index is 1.80. The average molecular weight is 434 g/mol. The normalized spacial score (nSPS) is 10.9. The summed E-state index contributed by atoms with van der Waals surface area (Å²) in [5.74, 6) is -0.254. The first-order chi connectivity index (χ1) is 14.7. The molecule has 0 bridgehead atoms. The summed E-state index contributed by atoms with van der Waals surface area (Å²) in [5.41, 5.74) is 3.52. The van der Waals surface area contributed by atoms with Crippen LogP contribution in [-0.2, 0) is 16.6 Å². The maximum absolute atomic E-state index is 12.9. The van der Waals surface area contributed by atoms with Crippen molar-refractivity contribution in [1.82, 2.24) is 4.90 Å². The quantitative estimate of drug-likeness (QED) is 0.629. The van der Waals surface area contributed by atoms with Gasteiger partial charge in [0.15, 0.2) is 0 Å². The third kappa shape index (κ3) is 5.30. The molecule has 0 heterocycles. The minimum atomic E-state index is -3.79. The molecule has 0 saturated carbocycles. The molecule has 3 aromatic carbocycles. The minimum Gasteiger partial charge on any atom is -0.337 e. The molecule has 3 aromatic rings. The molecule has 158 valence electrons. The molecule has 31 heavy (non-hydrogen) atoms. The highest BCUT2D eigenvalue weighted by Crippen LogP contribution is 2.22. The van der Waals surface area contributed by atoms with Crippen molar-refractivity contribution in [2.24, 2.45) is 0 Å². The van der Waals surface area contributed by atoms with Gasteiger partial charge in [-0.2, -0.15) is 5.26 Å². The Morgan fingerprint density at radius 3 is 2.52 bits per heavy atom. The van der Waals surface area contributed by atoms with Crippen LogP contribution >= 0.6 is 0 Å². The molecule has 0 atom stereocenters. The summed E-state index contributed by atoms with van der Waals surface area (Å²) in [7, 11) is -2.13. The van der Waals surface area contributed by atoms with Crippen molar-refractivity contribution in [3.63, 3.8) is 0 Å². The first-order valence-corrected chi connectivity index (χ1v) is 11.1. The second kappa shape index (κ2) is 9.02. The number of nitrogens with one attached hydrogen (secondary N) is 1. The van der Waals surface area contributed by atoms with E-state index in [1.54, 1.807) is 62.5 Å². The maximum atomic E-state index is 12.9. The fourth-order valence-corrected chi connectivity index (χ4v) is 4.61. The van der Waals surface area contributed by atoms with Crippen molar-refractivity contribution in [3.05, 3.63) is 94.5 Å². The molecule has 7 heteroatoms. The smallest absolute Gasteiger partial charge is 0.262 e. The number of hydrogen-bond donors (Lipinski definition) is 1. The van der Waals surface area contributed by atoms with E-state index < -0.39 is 10.0 Å². The summed E-state index contributed by atoms with van der Waals surface area (Å²) in [6.45, 7) is 3.90. The lowest BCUT2D eigenvalue weighted by Crippen LogP contribution is -2.26. The van der Waals surface area contributed by atoms with Crippen molar-refractivity contribution < 1.29 is 13.2 Å². The predicted octanol–water partition coefficient (Wildman–Crippen LogP) is 4.25. The van der Waals surface area contributed by atoms with Gasteiger partial charge in [0.2, 0.25) is 0 Å². The summed E-state index contributed by atoms with van der Waals surface area (Å²) in [6.07, 6.45) is 0. The van der Waals surface area contributed by atoms with Crippen LogP contribution in [0.15, 0.2) is 71.6 Å². The molecule has 0 aliphatic heterocycles. The van der Waals surface area contributed by atoms with Gasteiger partial charge in [0, 0.05) is 24.8 Å². The van der Waals surface area contributed by atoms with Crippen LogP contribution in [-0.4, -0.2) is 26.3 Å². The number of hydrogen-bond acceptors (Lipinski definition) is 4. The Hall–Kier alpha value is -3.63. The highest BCUT2D eigenvalue weighted by molar-refractivity contribution is 7.92. The van der Waals surface area contributed by atoms with E-state index in [4.69, 9.17) is 5.26 Å². The number of carbonyl (C=O) groups excluding carboxylic acids is 1. The lowest BCUT2D eigenvalue weighted by Gasteiger charge is -2.18. The summed E-state index contributed by atoms with van der Waals surface area (Å²) < 4.78 is 28.3. The summed E-state index contributed by atoms with van der Waals surface area (Å²) >= 11 is 0. The first kappa shape index (κ1) is 22.1. The highest BCUT2D eigenvalue weighted by Gasteiger charge is 2.19. The van der Waals surface area contributed by atoms with E-state index in [-0.39, 0.29) is 10.8 Å². The molecule has 0 aliphatic carbocycles. The number of amides is 1. The molecule has 0 spiro atoms. The zero-order chi connectivity index (χ0) is 22.6. The third-order valence-electron chi connectivity index (χ3n) is 4.82. The van der Waals surface area contributed by atoms with E-state index in [1.807, 2.05) is 19.1 Å². The van der Waals surface area contributed by atoms with Gasteiger partial charge in [-0.15, -0.1) is 0 Å². The maximum Gasteiger partial charge on any atom is 0.262 e. The number of sulfonamides is 1. The van der Waals surface area contributed by atoms with Crippen molar-refractivity contribution in [2.45, 2.75) is 25.3 Å². The molecule has 0 fully saturated rings. The lowest BCUT2D eigenvalue weighted by molar-refractivity contribution is 0.0785. The monoisotopic (exact) mass is 433 g/mol. The Morgan fingerprint density at radius 2 is 1.77 bits per heavy atom. The summed E-state index contributed by atoms with van der Waals surface area (Å²) in [5, 5.41) is 9.03. The third-order valence-corrected chi connectivity index (χ3v) is 6.34. The summed E-state index contributed by atoms with van der Waals surface area (Å²) in [4.78, 5) is 14.6. The van der Waals surface area contributed by atoms with Gasteiger partial charge >= 0.3 is 0 Å². The van der Waals surface area contributed by atoms with Crippen molar-refractivity contribution in [1.29, 1.82) is 5.26 Å². The van der Waals surface area contributed by atoms with Crippen LogP contribution in [0.3, 0.4) is 0 Å². The molecule has 0 radical (unpaired) electrons. The van der Waals surface area contributed by atoms with E-state index in [0.29, 0.717) is 28.9 Å². The Kier molecular flexibility index (Phi) is 6.42. The van der Waals surface area contributed by atoms with Crippen LogP contribution in [0.4, 0.5) is 5.69 Å². The van der Waals surface area contributed by atoms with Crippen molar-refractivity contribution >= 4 is 21.6 Å². The zero-order valence-corrected chi connectivity index (χ0v) is 18.4. The number of anilines is 1. The van der Waals surface area contributed by atoms with Gasteiger partial charge < -0.3 is 4.90 Å².